The molecular formula is C15H22BrNO2. The van der Waals surface area contributed by atoms with E-state index in [-0.39, 0.29) is 0 Å². The van der Waals surface area contributed by atoms with E-state index in [4.69, 9.17) is 4.74 Å². The minimum atomic E-state index is -0.553. The molecule has 1 aliphatic rings. The largest absolute Gasteiger partial charge is 0.496 e. The molecule has 2 N–H and O–H groups in total. The van der Waals surface area contributed by atoms with Gasteiger partial charge in [0.05, 0.1) is 17.2 Å². The van der Waals surface area contributed by atoms with Crippen LogP contribution in [0.15, 0.2) is 22.7 Å². The molecule has 0 atom stereocenters. The quantitative estimate of drug-likeness (QED) is 0.822. The number of methoxy groups -OCH3 is 1. The summed E-state index contributed by atoms with van der Waals surface area (Å²) < 4.78 is 6.13. The maximum absolute atomic E-state index is 10.6. The maximum Gasteiger partial charge on any atom is 0.133 e. The number of anilines is 1. The van der Waals surface area contributed by atoms with Gasteiger partial charge in [-0.3, -0.25) is 0 Å². The van der Waals surface area contributed by atoms with Crippen LogP contribution in [-0.2, 0) is 0 Å². The first-order valence-corrected chi connectivity index (χ1v) is 7.72. The Bertz CT molecular complexity index is 415. The van der Waals surface area contributed by atoms with E-state index < -0.39 is 5.60 Å². The highest BCUT2D eigenvalue weighted by molar-refractivity contribution is 9.10. The summed E-state index contributed by atoms with van der Waals surface area (Å²) in [5, 5.41) is 13.9. The molecule has 0 aliphatic heterocycles. The molecule has 0 radical (unpaired) electrons. The SMILES string of the molecule is COc1ccc(NCC2(O)CCCCCC2)cc1Br. The lowest BCUT2D eigenvalue weighted by atomic mass is 9.94. The lowest BCUT2D eigenvalue weighted by Gasteiger charge is -2.27. The molecule has 1 aliphatic carbocycles. The minimum absolute atomic E-state index is 0.553. The van der Waals surface area contributed by atoms with Gasteiger partial charge in [0.15, 0.2) is 0 Å². The Labute approximate surface area is 123 Å². The standard InChI is InChI=1S/C15H22BrNO2/c1-19-14-7-6-12(10-13(14)16)17-11-15(18)8-4-2-3-5-9-15/h6-7,10,17-18H,2-5,8-9,11H2,1H3. The summed E-state index contributed by atoms with van der Waals surface area (Å²) in [4.78, 5) is 0. The number of nitrogens with one attached hydrogen (secondary N) is 1. The average molecular weight is 328 g/mol. The zero-order valence-electron chi connectivity index (χ0n) is 11.4. The van der Waals surface area contributed by atoms with Gasteiger partial charge >= 0.3 is 0 Å². The van der Waals surface area contributed by atoms with Gasteiger partial charge < -0.3 is 15.2 Å². The summed E-state index contributed by atoms with van der Waals surface area (Å²) in [6.07, 6.45) is 6.55. The van der Waals surface area contributed by atoms with Crippen molar-refractivity contribution in [1.82, 2.24) is 0 Å². The van der Waals surface area contributed by atoms with E-state index in [2.05, 4.69) is 21.2 Å². The molecule has 4 heteroatoms. The van der Waals surface area contributed by atoms with Gasteiger partial charge in [0, 0.05) is 12.2 Å². The maximum atomic E-state index is 10.6. The first-order chi connectivity index (χ1) is 9.13. The molecule has 1 fully saturated rings. The monoisotopic (exact) mass is 327 g/mol. The van der Waals surface area contributed by atoms with Crippen molar-refractivity contribution in [3.05, 3.63) is 22.7 Å². The molecule has 0 amide bonds. The fourth-order valence-corrected chi connectivity index (χ4v) is 3.15. The number of aliphatic hydroxyl groups is 1. The summed E-state index contributed by atoms with van der Waals surface area (Å²) >= 11 is 3.47. The highest BCUT2D eigenvalue weighted by atomic mass is 79.9. The van der Waals surface area contributed by atoms with Crippen LogP contribution in [0, 0.1) is 0 Å². The summed E-state index contributed by atoms with van der Waals surface area (Å²) in [5.74, 6) is 0.818. The van der Waals surface area contributed by atoms with Crippen molar-refractivity contribution < 1.29 is 9.84 Å². The summed E-state index contributed by atoms with van der Waals surface area (Å²) in [6, 6.07) is 5.88. The topological polar surface area (TPSA) is 41.5 Å². The second-order valence-corrected chi connectivity index (χ2v) is 6.20. The van der Waals surface area contributed by atoms with Gasteiger partial charge in [-0.25, -0.2) is 0 Å². The van der Waals surface area contributed by atoms with Crippen LogP contribution in [0.5, 0.6) is 5.75 Å². The van der Waals surface area contributed by atoms with Crippen molar-refractivity contribution in [2.24, 2.45) is 0 Å². The Hall–Kier alpha value is -0.740. The Balaban J connectivity index is 1.95. The van der Waals surface area contributed by atoms with E-state index >= 15 is 0 Å². The van der Waals surface area contributed by atoms with Crippen molar-refractivity contribution in [3.63, 3.8) is 0 Å². The molecule has 19 heavy (non-hydrogen) atoms. The van der Waals surface area contributed by atoms with Crippen LogP contribution in [0.3, 0.4) is 0 Å². The minimum Gasteiger partial charge on any atom is -0.496 e. The number of hydrogen-bond donors (Lipinski definition) is 2. The van der Waals surface area contributed by atoms with Crippen LogP contribution in [0.4, 0.5) is 5.69 Å². The van der Waals surface area contributed by atoms with Gasteiger partial charge in [0.2, 0.25) is 0 Å². The smallest absolute Gasteiger partial charge is 0.133 e. The normalized spacial score (nSPS) is 18.7. The van der Waals surface area contributed by atoms with Crippen LogP contribution in [0.2, 0.25) is 0 Å². The third kappa shape index (κ3) is 4.11. The average Bonchev–Trinajstić information content (AvgIpc) is 2.62. The molecule has 1 saturated carbocycles. The summed E-state index contributed by atoms with van der Waals surface area (Å²) in [7, 11) is 1.65. The second-order valence-electron chi connectivity index (χ2n) is 5.34. The zero-order valence-corrected chi connectivity index (χ0v) is 13.0. The van der Waals surface area contributed by atoms with E-state index in [1.807, 2.05) is 18.2 Å². The molecule has 1 aromatic carbocycles. The molecule has 0 heterocycles. The molecule has 0 saturated heterocycles. The van der Waals surface area contributed by atoms with Gasteiger partial charge in [-0.1, -0.05) is 25.7 Å². The van der Waals surface area contributed by atoms with Crippen molar-refractivity contribution >= 4 is 21.6 Å². The highest BCUT2D eigenvalue weighted by Crippen LogP contribution is 2.30. The summed E-state index contributed by atoms with van der Waals surface area (Å²) in [5.41, 5.74) is 0.452. The Kier molecular flexibility index (Phi) is 5.11. The van der Waals surface area contributed by atoms with Crippen LogP contribution >= 0.6 is 15.9 Å². The third-order valence-corrected chi connectivity index (χ3v) is 4.43. The van der Waals surface area contributed by atoms with E-state index in [1.54, 1.807) is 7.11 Å². The Morgan fingerprint density at radius 2 is 1.95 bits per heavy atom. The van der Waals surface area contributed by atoms with Crippen LogP contribution in [0.1, 0.15) is 38.5 Å². The first-order valence-electron chi connectivity index (χ1n) is 6.93. The van der Waals surface area contributed by atoms with E-state index in [9.17, 15) is 5.11 Å². The van der Waals surface area contributed by atoms with Gasteiger partial charge in [-0.2, -0.15) is 0 Å². The van der Waals surface area contributed by atoms with Crippen molar-refractivity contribution in [2.45, 2.75) is 44.1 Å². The van der Waals surface area contributed by atoms with Crippen molar-refractivity contribution in [3.8, 4) is 5.75 Å². The predicted octanol–water partition coefficient (Wildman–Crippen LogP) is 3.95. The van der Waals surface area contributed by atoms with Crippen LogP contribution in [0.25, 0.3) is 0 Å². The lowest BCUT2D eigenvalue weighted by Crippen LogP contribution is -2.36. The predicted molar refractivity (Wildman–Crippen MR) is 81.8 cm³/mol. The molecule has 106 valence electrons. The fourth-order valence-electron chi connectivity index (χ4n) is 2.61. The van der Waals surface area contributed by atoms with Crippen molar-refractivity contribution in [2.75, 3.05) is 19.0 Å². The van der Waals surface area contributed by atoms with Gasteiger partial charge in [0.1, 0.15) is 5.75 Å². The molecule has 0 unspecified atom stereocenters. The molecule has 3 nitrogen and oxygen atoms in total. The molecule has 1 aromatic rings. The van der Waals surface area contributed by atoms with Crippen molar-refractivity contribution in [1.29, 1.82) is 0 Å². The summed E-state index contributed by atoms with van der Waals surface area (Å²) in [6.45, 7) is 0.617. The van der Waals surface area contributed by atoms with Gasteiger partial charge in [-0.05, 0) is 47.0 Å². The number of benzene rings is 1. The highest BCUT2D eigenvalue weighted by Gasteiger charge is 2.27. The number of halogens is 1. The zero-order chi connectivity index (χ0) is 13.7. The molecule has 0 aromatic heterocycles. The van der Waals surface area contributed by atoms with Gasteiger partial charge in [0.25, 0.3) is 0 Å². The first kappa shape index (κ1) is 14.7. The fraction of sp³-hybridized carbons (Fsp3) is 0.600. The Morgan fingerprint density at radius 1 is 1.26 bits per heavy atom. The van der Waals surface area contributed by atoms with Crippen LogP contribution in [-0.4, -0.2) is 24.4 Å². The second kappa shape index (κ2) is 6.62. The Morgan fingerprint density at radius 3 is 2.53 bits per heavy atom. The molecule has 2 rings (SSSR count). The van der Waals surface area contributed by atoms with E-state index in [0.717, 1.165) is 41.6 Å². The van der Waals surface area contributed by atoms with Gasteiger partial charge in [-0.15, -0.1) is 0 Å². The van der Waals surface area contributed by atoms with Crippen LogP contribution < -0.4 is 10.1 Å². The molecule has 0 spiro atoms. The number of rotatable bonds is 4. The number of ether oxygens (including phenoxy) is 1. The molecular weight excluding hydrogens is 306 g/mol. The van der Waals surface area contributed by atoms with E-state index in [1.165, 1.54) is 12.8 Å². The lowest BCUT2D eigenvalue weighted by molar-refractivity contribution is 0.0381. The number of hydrogen-bond acceptors (Lipinski definition) is 3. The van der Waals surface area contributed by atoms with E-state index in [0.29, 0.717) is 6.54 Å². The molecule has 0 bridgehead atoms. The third-order valence-electron chi connectivity index (χ3n) is 3.81.